The molecule has 4 aromatic carbocycles. The number of H-pyrrole nitrogens is 2. The highest BCUT2D eigenvalue weighted by molar-refractivity contribution is 6.00. The van der Waals surface area contributed by atoms with Gasteiger partial charge >= 0.3 is 0 Å². The van der Waals surface area contributed by atoms with E-state index in [4.69, 9.17) is 11.5 Å². The van der Waals surface area contributed by atoms with Crippen molar-refractivity contribution < 1.29 is 65.8 Å². The van der Waals surface area contributed by atoms with Gasteiger partial charge in [0.15, 0.2) is 46.5 Å². The van der Waals surface area contributed by atoms with Gasteiger partial charge in [0.25, 0.3) is 0 Å². The molecule has 0 aliphatic carbocycles. The zero-order valence-corrected chi connectivity index (χ0v) is 35.7. The van der Waals surface area contributed by atoms with E-state index in [0.29, 0.717) is 0 Å². The number of aromatic amines is 2. The minimum atomic E-state index is -2.40. The highest BCUT2D eigenvalue weighted by atomic mass is 19.2. The molecule has 7 aromatic rings. The summed E-state index contributed by atoms with van der Waals surface area (Å²) in [6.45, 7) is -2.04. The lowest BCUT2D eigenvalue weighted by Crippen LogP contribution is -2.33. The molecule has 0 spiro atoms. The summed E-state index contributed by atoms with van der Waals surface area (Å²) in [4.78, 5) is 15.3. The fourth-order valence-electron chi connectivity index (χ4n) is 8.55. The number of aromatic hydroxyl groups is 2. The predicted octanol–water partition coefficient (Wildman–Crippen LogP) is 8.55. The van der Waals surface area contributed by atoms with Crippen LogP contribution in [0.15, 0.2) is 72.8 Å². The van der Waals surface area contributed by atoms with Crippen molar-refractivity contribution in [1.29, 1.82) is 0 Å². The van der Waals surface area contributed by atoms with Crippen molar-refractivity contribution in [3.05, 3.63) is 153 Å². The molecule has 70 heavy (non-hydrogen) atoms. The summed E-state index contributed by atoms with van der Waals surface area (Å²) < 4.78 is 131. The molecule has 0 saturated carbocycles. The molecule has 2 aliphatic heterocycles. The van der Waals surface area contributed by atoms with Crippen LogP contribution < -0.4 is 11.5 Å². The topological polar surface area (TPSA) is 231 Å². The lowest BCUT2D eigenvalue weighted by molar-refractivity contribution is 0.101. The van der Waals surface area contributed by atoms with Crippen molar-refractivity contribution in [2.24, 2.45) is 11.5 Å². The number of phenols is 2. The van der Waals surface area contributed by atoms with Crippen molar-refractivity contribution in [1.82, 2.24) is 19.9 Å². The summed E-state index contributed by atoms with van der Waals surface area (Å²) in [7, 11) is 0. The first-order chi connectivity index (χ1) is 33.4. The van der Waals surface area contributed by atoms with Gasteiger partial charge in [-0.25, -0.2) is 45.1 Å². The number of halogens is 8. The van der Waals surface area contributed by atoms with Gasteiger partial charge in [-0.3, -0.25) is 0 Å². The van der Waals surface area contributed by atoms with E-state index in [9.17, 15) is 30.6 Å². The van der Waals surface area contributed by atoms with Crippen molar-refractivity contribution in [3.8, 4) is 56.0 Å². The lowest BCUT2D eigenvalue weighted by atomic mass is 9.95. The first-order valence-corrected chi connectivity index (χ1v) is 21.0. The quantitative estimate of drug-likeness (QED) is 0.0464. The summed E-state index contributed by atoms with van der Waals surface area (Å²) >= 11 is 0. The molecule has 358 valence electrons. The second kappa shape index (κ2) is 18.3. The van der Waals surface area contributed by atoms with Crippen molar-refractivity contribution in [2.75, 3.05) is 13.2 Å². The van der Waals surface area contributed by atoms with E-state index < -0.39 is 117 Å². The Morgan fingerprint density at radius 1 is 0.429 bits per heavy atom. The molecule has 0 fully saturated rings. The second-order valence-corrected chi connectivity index (χ2v) is 16.3. The molecule has 12 nitrogen and oxygen atoms in total. The number of aromatic nitrogens is 4. The summed E-state index contributed by atoms with van der Waals surface area (Å²) in [6.07, 6.45) is 0.359. The number of nitrogens with zero attached hydrogens (tertiary/aromatic N) is 2. The molecule has 9 rings (SSSR count). The Labute approximate surface area is 389 Å². The number of aliphatic hydroxyl groups is 4. The van der Waals surface area contributed by atoms with Crippen LogP contribution >= 0.6 is 0 Å². The first-order valence-electron chi connectivity index (χ1n) is 21.0. The molecule has 12 N–H and O–H groups in total. The van der Waals surface area contributed by atoms with E-state index in [-0.39, 0.29) is 78.6 Å². The highest BCUT2D eigenvalue weighted by Gasteiger charge is 2.36. The molecule has 20 heteroatoms. The van der Waals surface area contributed by atoms with E-state index >= 15 is 35.1 Å². The Hall–Kier alpha value is -7.72. The van der Waals surface area contributed by atoms with E-state index in [2.05, 4.69) is 19.9 Å². The van der Waals surface area contributed by atoms with Gasteiger partial charge in [0.1, 0.15) is 23.7 Å². The van der Waals surface area contributed by atoms with E-state index in [1.165, 1.54) is 97.1 Å². The number of hydrogen-bond donors (Lipinski definition) is 10. The number of benzene rings is 4. The van der Waals surface area contributed by atoms with Gasteiger partial charge in [-0.2, -0.15) is 0 Å². The Bertz CT molecular complexity index is 3250. The maximum absolute atomic E-state index is 16.6. The number of phenolic OH excluding ortho intramolecular Hbond substituents is 2. The molecular weight excluding hydrogens is 933 g/mol. The van der Waals surface area contributed by atoms with Gasteiger partial charge in [0.05, 0.1) is 70.3 Å². The summed E-state index contributed by atoms with van der Waals surface area (Å²) in [5.41, 5.74) is 3.89. The van der Waals surface area contributed by atoms with Crippen LogP contribution in [0.3, 0.4) is 0 Å². The third kappa shape index (κ3) is 7.85. The Morgan fingerprint density at radius 3 is 1.03 bits per heavy atom. The third-order valence-corrected chi connectivity index (χ3v) is 11.9. The predicted molar refractivity (Wildman–Crippen MR) is 244 cm³/mol. The van der Waals surface area contributed by atoms with E-state index in [0.717, 1.165) is 0 Å². The molecule has 2 aliphatic rings. The monoisotopic (exact) mass is 968 g/mol. The maximum Gasteiger partial charge on any atom is 0.170 e. The van der Waals surface area contributed by atoms with Crippen molar-refractivity contribution in [2.45, 2.75) is 24.3 Å². The first kappa shape index (κ1) is 47.4. The van der Waals surface area contributed by atoms with Gasteiger partial charge in [-0.15, -0.1) is 0 Å². The van der Waals surface area contributed by atoms with Crippen molar-refractivity contribution in [3.63, 3.8) is 0 Å². The number of rotatable bonds is 10. The molecule has 0 saturated heterocycles. The SMILES string of the molecule is NC(CO)C(O)c1c(F)c(F)c(-c2c3nc(c(-c4cccc(O)c4)c4ccc([nH]4)c(-c4c(F)c(F)c(C(O)C(N)CO)c(F)c4F)c4nc(c(-c5cccc(O)c5)c5ccc2[nH]5)C=C4)C=C3)c(F)c1F. The number of hydrogen-bond acceptors (Lipinski definition) is 10. The Balaban J connectivity index is 1.48. The van der Waals surface area contributed by atoms with Gasteiger partial charge in [0, 0.05) is 44.3 Å². The minimum Gasteiger partial charge on any atom is -0.508 e. The van der Waals surface area contributed by atoms with Crippen LogP contribution in [0.4, 0.5) is 35.1 Å². The fourth-order valence-corrected chi connectivity index (χ4v) is 8.55. The second-order valence-electron chi connectivity index (χ2n) is 16.3. The van der Waals surface area contributed by atoms with Crippen LogP contribution in [-0.4, -0.2) is 75.9 Å². The molecule has 8 bridgehead atoms. The van der Waals surface area contributed by atoms with Crippen LogP contribution in [0, 0.1) is 46.5 Å². The molecular formula is C50H36F8N6O6. The minimum absolute atomic E-state index is 0.0353. The summed E-state index contributed by atoms with van der Waals surface area (Å²) in [6, 6.07) is 12.9. The highest BCUT2D eigenvalue weighted by Crippen LogP contribution is 2.44. The van der Waals surface area contributed by atoms with Gasteiger partial charge in [0.2, 0.25) is 0 Å². The summed E-state index contributed by atoms with van der Waals surface area (Å²) in [5, 5.41) is 61.3. The molecule has 3 aromatic heterocycles. The normalized spacial score (nSPS) is 14.0. The average Bonchev–Trinajstić information content (AvgIpc) is 4.20. The zero-order valence-electron chi connectivity index (χ0n) is 35.7. The Kier molecular flexibility index (Phi) is 12.4. The fraction of sp³-hybridized carbons (Fsp3) is 0.120. The van der Waals surface area contributed by atoms with Gasteiger partial charge < -0.3 is 52.1 Å². The number of aliphatic hydroxyl groups excluding tert-OH is 4. The molecule has 0 amide bonds. The zero-order chi connectivity index (χ0) is 50.0. The number of fused-ring (bicyclic) bond motifs is 8. The Morgan fingerprint density at radius 2 is 0.729 bits per heavy atom. The maximum atomic E-state index is 16.6. The smallest absolute Gasteiger partial charge is 0.170 e. The molecule has 0 radical (unpaired) electrons. The van der Waals surface area contributed by atoms with E-state index in [1.807, 2.05) is 0 Å². The van der Waals surface area contributed by atoms with Crippen LogP contribution in [-0.2, 0) is 0 Å². The van der Waals surface area contributed by atoms with Gasteiger partial charge in [-0.05, 0) is 84.0 Å². The molecule has 4 unspecified atom stereocenters. The van der Waals surface area contributed by atoms with Crippen LogP contribution in [0.5, 0.6) is 11.5 Å². The van der Waals surface area contributed by atoms with Crippen LogP contribution in [0.25, 0.3) is 90.9 Å². The van der Waals surface area contributed by atoms with E-state index in [1.54, 1.807) is 0 Å². The van der Waals surface area contributed by atoms with Crippen LogP contribution in [0.2, 0.25) is 0 Å². The number of nitrogens with one attached hydrogen (secondary N) is 2. The third-order valence-electron chi connectivity index (χ3n) is 11.9. The molecule has 5 heterocycles. The van der Waals surface area contributed by atoms with Gasteiger partial charge in [-0.1, -0.05) is 24.3 Å². The molecule has 4 atom stereocenters. The standard InChI is InChI=1S/C50H36F8N6O6/c51-41-37(42(52)46(56)39(45(41)55)49(69)23(59)17-65)35-29-11-7-25(61-29)33(19-3-1-5-21(67)15-19)26-8-12-30(62-26)36(38-43(53)47(57)40(48(58)44(38)54)50(70)24(60)18-66)32-14-10-28(64-32)34(27-9-13-31(35)63-27)20-4-2-6-22(68)16-20/h1-16,23-24,49-50,61,64-70H,17-18,59-60H2. The average molecular weight is 969 g/mol. The van der Waals surface area contributed by atoms with Crippen molar-refractivity contribution >= 4 is 46.4 Å². The largest absolute Gasteiger partial charge is 0.508 e. The van der Waals surface area contributed by atoms with Crippen LogP contribution in [0.1, 0.15) is 46.1 Å². The lowest BCUT2D eigenvalue weighted by Gasteiger charge is -2.20. The number of nitrogens with two attached hydrogens (primary N) is 2. The summed E-state index contributed by atoms with van der Waals surface area (Å²) in [5.74, 6) is -16.6.